The molecule has 4 nitrogen and oxygen atoms in total. The van der Waals surface area contributed by atoms with Gasteiger partial charge in [-0.15, -0.1) is 12.4 Å². The van der Waals surface area contributed by atoms with Gasteiger partial charge in [0.05, 0.1) is 0 Å². The number of nitrogens with zero attached hydrogens (tertiary/aromatic N) is 1. The van der Waals surface area contributed by atoms with Gasteiger partial charge in [0.15, 0.2) is 0 Å². The first-order valence-corrected chi connectivity index (χ1v) is 6.00. The number of carbonyl (C=O) groups is 1. The second kappa shape index (κ2) is 7.24. The number of amides is 1. The van der Waals surface area contributed by atoms with Gasteiger partial charge in [-0.2, -0.15) is 0 Å². The van der Waals surface area contributed by atoms with Crippen molar-refractivity contribution >= 4 is 18.5 Å². The molecule has 0 atom stereocenters. The third kappa shape index (κ3) is 4.55. The minimum absolute atomic E-state index is 0. The van der Waals surface area contributed by atoms with Crippen molar-refractivity contribution in [2.45, 2.75) is 25.4 Å². The Morgan fingerprint density at radius 2 is 1.89 bits per heavy atom. The molecular formula is C13H19ClN2O2. The number of piperidine rings is 1. The van der Waals surface area contributed by atoms with Crippen LogP contribution in [0.15, 0.2) is 30.3 Å². The van der Waals surface area contributed by atoms with E-state index in [9.17, 15) is 4.79 Å². The maximum atomic E-state index is 10.5. The maximum Gasteiger partial charge on any atom is 0.404 e. The summed E-state index contributed by atoms with van der Waals surface area (Å²) >= 11 is 0. The van der Waals surface area contributed by atoms with Gasteiger partial charge in [0.2, 0.25) is 0 Å². The van der Waals surface area contributed by atoms with Crippen LogP contribution in [0.25, 0.3) is 0 Å². The molecule has 1 saturated heterocycles. The van der Waals surface area contributed by atoms with Crippen LogP contribution in [0.1, 0.15) is 18.4 Å². The average Bonchev–Trinajstić information content (AvgIpc) is 2.32. The van der Waals surface area contributed by atoms with Gasteiger partial charge < -0.3 is 10.4 Å². The number of carboxylic acid groups (broad SMARTS) is 1. The molecule has 0 saturated carbocycles. The van der Waals surface area contributed by atoms with E-state index in [1.165, 1.54) is 5.56 Å². The lowest BCUT2D eigenvalue weighted by Gasteiger charge is -2.31. The first kappa shape index (κ1) is 14.8. The number of benzene rings is 1. The molecule has 1 heterocycles. The Labute approximate surface area is 113 Å². The molecule has 2 rings (SSSR count). The Hall–Kier alpha value is -1.26. The molecule has 0 unspecified atom stereocenters. The van der Waals surface area contributed by atoms with E-state index in [0.29, 0.717) is 0 Å². The van der Waals surface area contributed by atoms with Gasteiger partial charge in [0.25, 0.3) is 0 Å². The van der Waals surface area contributed by atoms with E-state index in [2.05, 4.69) is 22.3 Å². The molecule has 0 bridgehead atoms. The van der Waals surface area contributed by atoms with E-state index in [0.717, 1.165) is 32.5 Å². The minimum atomic E-state index is -0.911. The van der Waals surface area contributed by atoms with Crippen LogP contribution in [0.4, 0.5) is 4.79 Å². The number of hydrogen-bond donors (Lipinski definition) is 2. The third-order valence-electron chi connectivity index (χ3n) is 3.16. The van der Waals surface area contributed by atoms with E-state index in [1.54, 1.807) is 0 Å². The Morgan fingerprint density at radius 3 is 2.44 bits per heavy atom. The highest BCUT2D eigenvalue weighted by Crippen LogP contribution is 2.13. The standard InChI is InChI=1S/C13H18N2O2.ClH/c16-13(17)14-12-6-8-15(9-7-12)10-11-4-2-1-3-5-11;/h1-5,12,14H,6-10H2,(H,16,17);1H. The highest BCUT2D eigenvalue weighted by molar-refractivity contribution is 5.85. The summed E-state index contributed by atoms with van der Waals surface area (Å²) in [7, 11) is 0. The lowest BCUT2D eigenvalue weighted by molar-refractivity contribution is 0.165. The van der Waals surface area contributed by atoms with Crippen molar-refractivity contribution in [1.82, 2.24) is 10.2 Å². The van der Waals surface area contributed by atoms with Crippen molar-refractivity contribution in [3.05, 3.63) is 35.9 Å². The number of halogens is 1. The van der Waals surface area contributed by atoms with Crippen LogP contribution in [-0.2, 0) is 6.54 Å². The second-order valence-corrected chi connectivity index (χ2v) is 4.49. The Balaban J connectivity index is 0.00000162. The van der Waals surface area contributed by atoms with E-state index in [-0.39, 0.29) is 18.4 Å². The molecule has 0 aromatic heterocycles. The summed E-state index contributed by atoms with van der Waals surface area (Å²) in [6.45, 7) is 2.88. The first-order chi connectivity index (χ1) is 8.24. The summed E-state index contributed by atoms with van der Waals surface area (Å²) < 4.78 is 0. The third-order valence-corrected chi connectivity index (χ3v) is 3.16. The van der Waals surface area contributed by atoms with Crippen LogP contribution < -0.4 is 5.32 Å². The van der Waals surface area contributed by atoms with Gasteiger partial charge in [-0.05, 0) is 18.4 Å². The molecule has 1 aromatic rings. The predicted octanol–water partition coefficient (Wildman–Crippen LogP) is 2.34. The second-order valence-electron chi connectivity index (χ2n) is 4.49. The van der Waals surface area contributed by atoms with Crippen LogP contribution in [0.2, 0.25) is 0 Å². The zero-order valence-corrected chi connectivity index (χ0v) is 11.0. The first-order valence-electron chi connectivity index (χ1n) is 6.00. The van der Waals surface area contributed by atoms with Gasteiger partial charge in [0, 0.05) is 25.7 Å². The molecule has 1 amide bonds. The van der Waals surface area contributed by atoms with Crippen molar-refractivity contribution < 1.29 is 9.90 Å². The molecule has 0 aliphatic carbocycles. The monoisotopic (exact) mass is 270 g/mol. The van der Waals surface area contributed by atoms with Crippen molar-refractivity contribution in [1.29, 1.82) is 0 Å². The minimum Gasteiger partial charge on any atom is -0.465 e. The molecule has 1 aromatic carbocycles. The van der Waals surface area contributed by atoms with Gasteiger partial charge in [-0.25, -0.2) is 4.79 Å². The molecule has 0 spiro atoms. The molecule has 18 heavy (non-hydrogen) atoms. The summed E-state index contributed by atoms with van der Waals surface area (Å²) in [5.41, 5.74) is 1.32. The van der Waals surface area contributed by atoms with E-state index in [4.69, 9.17) is 5.11 Å². The molecule has 1 aliphatic rings. The predicted molar refractivity (Wildman–Crippen MR) is 73.1 cm³/mol. The quantitative estimate of drug-likeness (QED) is 0.886. The van der Waals surface area contributed by atoms with E-state index < -0.39 is 6.09 Å². The van der Waals surface area contributed by atoms with Gasteiger partial charge in [0.1, 0.15) is 0 Å². The van der Waals surface area contributed by atoms with Crippen LogP contribution in [-0.4, -0.2) is 35.2 Å². The molecule has 0 radical (unpaired) electrons. The maximum absolute atomic E-state index is 10.5. The van der Waals surface area contributed by atoms with Gasteiger partial charge in [-0.1, -0.05) is 30.3 Å². The Kier molecular flexibility index (Phi) is 5.95. The van der Waals surface area contributed by atoms with Crippen LogP contribution in [0.5, 0.6) is 0 Å². The zero-order chi connectivity index (χ0) is 12.1. The van der Waals surface area contributed by atoms with Crippen LogP contribution >= 0.6 is 12.4 Å². The summed E-state index contributed by atoms with van der Waals surface area (Å²) in [5, 5.41) is 11.2. The molecule has 1 aliphatic heterocycles. The van der Waals surface area contributed by atoms with Gasteiger partial charge >= 0.3 is 6.09 Å². The molecule has 1 fully saturated rings. The fourth-order valence-electron chi connectivity index (χ4n) is 2.25. The number of likely N-dealkylation sites (tertiary alicyclic amines) is 1. The highest BCUT2D eigenvalue weighted by atomic mass is 35.5. The SMILES string of the molecule is Cl.O=C(O)NC1CCN(Cc2ccccc2)CC1. The van der Waals surface area contributed by atoms with Crippen molar-refractivity contribution in [3.63, 3.8) is 0 Å². The lowest BCUT2D eigenvalue weighted by atomic mass is 10.0. The average molecular weight is 271 g/mol. The summed E-state index contributed by atoms with van der Waals surface area (Å²) in [4.78, 5) is 12.9. The Bertz CT molecular complexity index is 365. The summed E-state index contributed by atoms with van der Waals surface area (Å²) in [6, 6.07) is 10.5. The molecular weight excluding hydrogens is 252 g/mol. The van der Waals surface area contributed by atoms with E-state index in [1.807, 2.05) is 18.2 Å². The van der Waals surface area contributed by atoms with Gasteiger partial charge in [-0.3, -0.25) is 4.90 Å². The fourth-order valence-corrected chi connectivity index (χ4v) is 2.25. The molecule has 100 valence electrons. The number of nitrogens with one attached hydrogen (secondary N) is 1. The summed E-state index contributed by atoms with van der Waals surface area (Å²) in [6.07, 6.45) is 0.893. The normalized spacial score (nSPS) is 16.9. The van der Waals surface area contributed by atoms with Crippen molar-refractivity contribution in [3.8, 4) is 0 Å². The Morgan fingerprint density at radius 1 is 1.28 bits per heavy atom. The largest absolute Gasteiger partial charge is 0.465 e. The fraction of sp³-hybridized carbons (Fsp3) is 0.462. The van der Waals surface area contributed by atoms with Crippen LogP contribution in [0, 0.1) is 0 Å². The van der Waals surface area contributed by atoms with E-state index >= 15 is 0 Å². The van der Waals surface area contributed by atoms with Crippen molar-refractivity contribution in [2.24, 2.45) is 0 Å². The highest BCUT2D eigenvalue weighted by Gasteiger charge is 2.20. The van der Waals surface area contributed by atoms with Crippen LogP contribution in [0.3, 0.4) is 0 Å². The molecule has 5 heteroatoms. The lowest BCUT2D eigenvalue weighted by Crippen LogP contribution is -2.43. The number of hydrogen-bond acceptors (Lipinski definition) is 2. The number of rotatable bonds is 3. The summed E-state index contributed by atoms with van der Waals surface area (Å²) in [5.74, 6) is 0. The smallest absolute Gasteiger partial charge is 0.404 e. The van der Waals surface area contributed by atoms with Crippen molar-refractivity contribution in [2.75, 3.05) is 13.1 Å². The topological polar surface area (TPSA) is 52.6 Å². The zero-order valence-electron chi connectivity index (χ0n) is 10.2. The molecule has 2 N–H and O–H groups in total.